The van der Waals surface area contributed by atoms with Crippen molar-refractivity contribution in [3.63, 3.8) is 0 Å². The van der Waals surface area contributed by atoms with Crippen molar-refractivity contribution in [2.24, 2.45) is 0 Å². The summed E-state index contributed by atoms with van der Waals surface area (Å²) in [5.41, 5.74) is 0. The number of aryl methyl sites for hydroxylation is 1. The number of hydrogen-bond donors (Lipinski definition) is 1. The number of nitrogens with one attached hydrogen (secondary N) is 1. The number of aromatic nitrogens is 3. The predicted octanol–water partition coefficient (Wildman–Crippen LogP) is 1.62. The van der Waals surface area contributed by atoms with E-state index < -0.39 is 0 Å². The molecule has 18 heavy (non-hydrogen) atoms. The van der Waals surface area contributed by atoms with Crippen molar-refractivity contribution in [1.82, 2.24) is 20.1 Å². The molecule has 1 heterocycles. The molecule has 1 aromatic rings. The molecule has 1 amide bonds. The summed E-state index contributed by atoms with van der Waals surface area (Å²) >= 11 is 1.48. The minimum absolute atomic E-state index is 0.103. The van der Waals surface area contributed by atoms with Crippen LogP contribution in [0, 0.1) is 0 Å². The fourth-order valence-corrected chi connectivity index (χ4v) is 2.56. The topological polar surface area (TPSA) is 59.8 Å². The van der Waals surface area contributed by atoms with E-state index >= 15 is 0 Å². The number of nitrogens with zero attached hydrogens (tertiary/aromatic N) is 3. The zero-order valence-electron chi connectivity index (χ0n) is 11.0. The molecule has 1 N–H and O–H groups in total. The van der Waals surface area contributed by atoms with Crippen molar-refractivity contribution in [3.05, 3.63) is 5.82 Å². The Morgan fingerprint density at radius 1 is 1.44 bits per heavy atom. The van der Waals surface area contributed by atoms with E-state index in [0.29, 0.717) is 11.8 Å². The lowest BCUT2D eigenvalue weighted by Crippen LogP contribution is -2.27. The van der Waals surface area contributed by atoms with Gasteiger partial charge in [0.15, 0.2) is 5.16 Å². The Hall–Kier alpha value is -1.04. The molecule has 0 saturated heterocycles. The van der Waals surface area contributed by atoms with Crippen LogP contribution in [0.4, 0.5) is 0 Å². The summed E-state index contributed by atoms with van der Waals surface area (Å²) < 4.78 is 2.12. The maximum absolute atomic E-state index is 11.6. The van der Waals surface area contributed by atoms with Gasteiger partial charge < -0.3 is 9.88 Å². The smallest absolute Gasteiger partial charge is 0.230 e. The number of carbonyl (C=O) groups excluding carboxylic acids is 1. The van der Waals surface area contributed by atoms with Crippen LogP contribution in [-0.4, -0.2) is 32.5 Å². The summed E-state index contributed by atoms with van der Waals surface area (Å²) in [5.74, 6) is 1.54. The van der Waals surface area contributed by atoms with Gasteiger partial charge in [0.05, 0.1) is 5.75 Å². The number of thioether (sulfide) groups is 1. The zero-order valence-corrected chi connectivity index (χ0v) is 11.8. The van der Waals surface area contributed by atoms with Gasteiger partial charge >= 0.3 is 0 Å². The van der Waals surface area contributed by atoms with Crippen LogP contribution in [0.2, 0.25) is 0 Å². The van der Waals surface area contributed by atoms with Crippen LogP contribution in [0.15, 0.2) is 5.16 Å². The second-order valence-electron chi connectivity index (χ2n) is 4.53. The molecule has 1 saturated carbocycles. The van der Waals surface area contributed by atoms with E-state index in [4.69, 9.17) is 0 Å². The summed E-state index contributed by atoms with van der Waals surface area (Å²) in [6.45, 7) is 5.13. The van der Waals surface area contributed by atoms with Crippen molar-refractivity contribution in [2.45, 2.75) is 57.3 Å². The Labute approximate surface area is 112 Å². The normalized spacial score (nSPS) is 14.8. The van der Waals surface area contributed by atoms with Crippen LogP contribution in [0.25, 0.3) is 0 Å². The van der Waals surface area contributed by atoms with Gasteiger partial charge in [-0.1, -0.05) is 25.6 Å². The van der Waals surface area contributed by atoms with Crippen molar-refractivity contribution >= 4 is 17.7 Å². The highest BCUT2D eigenvalue weighted by molar-refractivity contribution is 7.99. The lowest BCUT2D eigenvalue weighted by atomic mass is 10.4. The average Bonchev–Trinajstić information content (AvgIpc) is 3.08. The van der Waals surface area contributed by atoms with Crippen LogP contribution in [0.3, 0.4) is 0 Å². The third-order valence-electron chi connectivity index (χ3n) is 2.83. The molecule has 5 nitrogen and oxygen atoms in total. The third kappa shape index (κ3) is 3.48. The van der Waals surface area contributed by atoms with Crippen LogP contribution in [0.5, 0.6) is 0 Å². The second kappa shape index (κ2) is 6.22. The van der Waals surface area contributed by atoms with Gasteiger partial charge in [-0.25, -0.2) is 0 Å². The van der Waals surface area contributed by atoms with E-state index in [1.54, 1.807) is 0 Å². The first-order chi connectivity index (χ1) is 8.74. The zero-order chi connectivity index (χ0) is 13.0. The maximum Gasteiger partial charge on any atom is 0.230 e. The molecule has 0 aliphatic heterocycles. The molecule has 1 aliphatic rings. The first kappa shape index (κ1) is 13.4. The number of carbonyl (C=O) groups is 1. The number of hydrogen-bond acceptors (Lipinski definition) is 4. The average molecular weight is 268 g/mol. The van der Waals surface area contributed by atoms with E-state index in [1.807, 2.05) is 0 Å². The third-order valence-corrected chi connectivity index (χ3v) is 3.80. The Morgan fingerprint density at radius 3 is 2.83 bits per heavy atom. The minimum atomic E-state index is 0.103. The van der Waals surface area contributed by atoms with Gasteiger partial charge in [-0.3, -0.25) is 4.79 Å². The Kier molecular flexibility index (Phi) is 4.63. The molecular weight excluding hydrogens is 248 g/mol. The van der Waals surface area contributed by atoms with Crippen molar-refractivity contribution < 1.29 is 4.79 Å². The molecular formula is C12H20N4OS. The standard InChI is InChI=1S/C12H20N4OS/c1-3-7-16-10(4-2)14-15-12(16)18-8-11(17)13-9-5-6-9/h9H,3-8H2,1-2H3,(H,13,17). The second-order valence-corrected chi connectivity index (χ2v) is 5.48. The summed E-state index contributed by atoms with van der Waals surface area (Å²) in [5, 5.41) is 12.2. The van der Waals surface area contributed by atoms with E-state index in [-0.39, 0.29) is 5.91 Å². The predicted molar refractivity (Wildman–Crippen MR) is 71.6 cm³/mol. The number of rotatable bonds is 7. The molecule has 0 spiro atoms. The summed E-state index contributed by atoms with van der Waals surface area (Å²) in [6, 6.07) is 0.429. The van der Waals surface area contributed by atoms with Gasteiger partial charge in [0.2, 0.25) is 5.91 Å². The van der Waals surface area contributed by atoms with Crippen LogP contribution >= 0.6 is 11.8 Å². The lowest BCUT2D eigenvalue weighted by molar-refractivity contribution is -0.118. The van der Waals surface area contributed by atoms with Crippen LogP contribution in [-0.2, 0) is 17.8 Å². The van der Waals surface area contributed by atoms with Crippen LogP contribution in [0.1, 0.15) is 38.9 Å². The molecule has 0 bridgehead atoms. The monoisotopic (exact) mass is 268 g/mol. The largest absolute Gasteiger partial charge is 0.353 e. The molecule has 0 unspecified atom stereocenters. The Morgan fingerprint density at radius 2 is 2.22 bits per heavy atom. The van der Waals surface area contributed by atoms with Gasteiger partial charge in [-0.2, -0.15) is 0 Å². The molecule has 2 rings (SSSR count). The van der Waals surface area contributed by atoms with Crippen molar-refractivity contribution in [1.29, 1.82) is 0 Å². The van der Waals surface area contributed by atoms with E-state index in [0.717, 1.165) is 43.2 Å². The van der Waals surface area contributed by atoms with Gasteiger partial charge in [0, 0.05) is 19.0 Å². The Bertz CT molecular complexity index is 414. The first-order valence-electron chi connectivity index (χ1n) is 6.58. The molecule has 0 atom stereocenters. The van der Waals surface area contributed by atoms with Gasteiger partial charge in [0.25, 0.3) is 0 Å². The van der Waals surface area contributed by atoms with E-state index in [9.17, 15) is 4.79 Å². The van der Waals surface area contributed by atoms with Gasteiger partial charge in [0.1, 0.15) is 5.82 Å². The van der Waals surface area contributed by atoms with Crippen molar-refractivity contribution in [3.8, 4) is 0 Å². The molecule has 0 aromatic carbocycles. The fraction of sp³-hybridized carbons (Fsp3) is 0.750. The minimum Gasteiger partial charge on any atom is -0.353 e. The fourth-order valence-electron chi connectivity index (χ4n) is 1.76. The summed E-state index contributed by atoms with van der Waals surface area (Å²) in [6.07, 6.45) is 4.18. The summed E-state index contributed by atoms with van der Waals surface area (Å²) in [7, 11) is 0. The maximum atomic E-state index is 11.6. The van der Waals surface area contributed by atoms with Crippen molar-refractivity contribution in [2.75, 3.05) is 5.75 Å². The number of amides is 1. The van der Waals surface area contributed by atoms with Gasteiger partial charge in [-0.05, 0) is 19.3 Å². The molecule has 1 aliphatic carbocycles. The Balaban J connectivity index is 1.90. The molecule has 1 aromatic heterocycles. The lowest BCUT2D eigenvalue weighted by Gasteiger charge is -2.07. The molecule has 6 heteroatoms. The SMILES string of the molecule is CCCn1c(CC)nnc1SCC(=O)NC1CC1. The van der Waals surface area contributed by atoms with Crippen LogP contribution < -0.4 is 5.32 Å². The molecule has 100 valence electrons. The van der Waals surface area contributed by atoms with E-state index in [2.05, 4.69) is 33.9 Å². The van der Waals surface area contributed by atoms with Gasteiger partial charge in [-0.15, -0.1) is 10.2 Å². The highest BCUT2D eigenvalue weighted by Crippen LogP contribution is 2.21. The quantitative estimate of drug-likeness (QED) is 0.763. The first-order valence-corrected chi connectivity index (χ1v) is 7.57. The summed E-state index contributed by atoms with van der Waals surface area (Å²) in [4.78, 5) is 11.6. The van der Waals surface area contributed by atoms with E-state index in [1.165, 1.54) is 11.8 Å². The highest BCUT2D eigenvalue weighted by atomic mass is 32.2. The molecule has 0 radical (unpaired) electrons. The highest BCUT2D eigenvalue weighted by Gasteiger charge is 2.23. The molecule has 1 fully saturated rings.